The van der Waals surface area contributed by atoms with Gasteiger partial charge in [0.15, 0.2) is 0 Å². The van der Waals surface area contributed by atoms with Crippen molar-refractivity contribution in [2.45, 2.75) is 6.54 Å². The summed E-state index contributed by atoms with van der Waals surface area (Å²) in [5.74, 6) is 0.722. The second kappa shape index (κ2) is 4.66. The summed E-state index contributed by atoms with van der Waals surface area (Å²) in [4.78, 5) is 4.57. The number of nitrogens with one attached hydrogen (secondary N) is 1. The number of benzene rings is 1. The number of hydrogen-bond acceptors (Lipinski definition) is 4. The lowest BCUT2D eigenvalue weighted by molar-refractivity contribution is 0.314. The van der Waals surface area contributed by atoms with Gasteiger partial charge >= 0.3 is 0 Å². The van der Waals surface area contributed by atoms with Gasteiger partial charge < -0.3 is 15.8 Å². The molecule has 1 aliphatic rings. The van der Waals surface area contributed by atoms with E-state index in [4.69, 9.17) is 10.5 Å². The number of nitrogen functional groups attached to an aromatic ring is 1. The van der Waals surface area contributed by atoms with Gasteiger partial charge in [-0.15, -0.1) is 0 Å². The maximum atomic E-state index is 5.79. The first kappa shape index (κ1) is 11.0. The fraction of sp³-hybridized carbons (Fsp3) is 0.214. The van der Waals surface area contributed by atoms with Gasteiger partial charge in [0.05, 0.1) is 5.69 Å². The minimum Gasteiger partial charge on any atom is -0.476 e. The van der Waals surface area contributed by atoms with Crippen molar-refractivity contribution in [1.29, 1.82) is 0 Å². The van der Waals surface area contributed by atoms with E-state index in [0.717, 1.165) is 41.5 Å². The number of nitrogens with zero attached hydrogens (tertiary/aromatic N) is 1. The number of ether oxygens (including phenoxy) is 1. The summed E-state index contributed by atoms with van der Waals surface area (Å²) in [5.41, 5.74) is 9.53. The summed E-state index contributed by atoms with van der Waals surface area (Å²) in [6.45, 7) is 2.31. The molecule has 0 radical (unpaired) electrons. The topological polar surface area (TPSA) is 60.2 Å². The van der Waals surface area contributed by atoms with Crippen LogP contribution in [0, 0.1) is 0 Å². The number of anilines is 1. The molecule has 0 aliphatic carbocycles. The smallest absolute Gasteiger partial charge is 0.218 e. The van der Waals surface area contributed by atoms with Crippen molar-refractivity contribution in [3.63, 3.8) is 0 Å². The molecular formula is C14H15N3O. The molecule has 2 heterocycles. The zero-order chi connectivity index (χ0) is 12.4. The lowest BCUT2D eigenvalue weighted by Gasteiger charge is -2.08. The van der Waals surface area contributed by atoms with Gasteiger partial charge in [-0.2, -0.15) is 0 Å². The Bertz CT molecular complexity index is 569. The maximum Gasteiger partial charge on any atom is 0.218 e. The molecule has 92 valence electrons. The van der Waals surface area contributed by atoms with Crippen molar-refractivity contribution in [2.75, 3.05) is 18.9 Å². The van der Waals surface area contributed by atoms with Crippen LogP contribution in [-0.4, -0.2) is 18.1 Å². The highest BCUT2D eigenvalue weighted by molar-refractivity contribution is 5.64. The van der Waals surface area contributed by atoms with Crippen molar-refractivity contribution in [2.24, 2.45) is 0 Å². The van der Waals surface area contributed by atoms with E-state index in [1.54, 1.807) is 0 Å². The number of nitrogens with two attached hydrogens (primary N) is 1. The van der Waals surface area contributed by atoms with Gasteiger partial charge in [-0.05, 0) is 18.2 Å². The van der Waals surface area contributed by atoms with Crippen molar-refractivity contribution in [3.8, 4) is 17.1 Å². The van der Waals surface area contributed by atoms with Crippen molar-refractivity contribution in [3.05, 3.63) is 42.0 Å². The molecule has 4 heteroatoms. The lowest BCUT2D eigenvalue weighted by atomic mass is 10.1. The molecule has 1 aliphatic heterocycles. The number of hydrogen-bond donors (Lipinski definition) is 2. The van der Waals surface area contributed by atoms with Crippen LogP contribution in [0.4, 0.5) is 5.69 Å². The molecule has 0 saturated carbocycles. The van der Waals surface area contributed by atoms with Crippen LogP contribution < -0.4 is 15.8 Å². The molecule has 1 aromatic heterocycles. The van der Waals surface area contributed by atoms with Crippen LogP contribution in [0.15, 0.2) is 36.4 Å². The van der Waals surface area contributed by atoms with Crippen LogP contribution in [0.1, 0.15) is 5.56 Å². The molecule has 0 unspecified atom stereocenters. The highest BCUT2D eigenvalue weighted by Gasteiger charge is 2.11. The van der Waals surface area contributed by atoms with Crippen LogP contribution >= 0.6 is 0 Å². The first-order chi connectivity index (χ1) is 8.83. The maximum absolute atomic E-state index is 5.79. The Balaban J connectivity index is 2.01. The second-order valence-corrected chi connectivity index (χ2v) is 4.31. The fourth-order valence-electron chi connectivity index (χ4n) is 2.03. The van der Waals surface area contributed by atoms with E-state index in [1.165, 1.54) is 0 Å². The number of fused-ring (bicyclic) bond motifs is 1. The largest absolute Gasteiger partial charge is 0.476 e. The monoisotopic (exact) mass is 241 g/mol. The van der Waals surface area contributed by atoms with Crippen molar-refractivity contribution >= 4 is 5.69 Å². The van der Waals surface area contributed by atoms with Crippen molar-refractivity contribution in [1.82, 2.24) is 10.3 Å². The van der Waals surface area contributed by atoms with Gasteiger partial charge in [0.2, 0.25) is 5.88 Å². The summed E-state index contributed by atoms with van der Waals surface area (Å²) >= 11 is 0. The zero-order valence-corrected chi connectivity index (χ0v) is 10.0. The fourth-order valence-corrected chi connectivity index (χ4v) is 2.03. The molecule has 0 saturated heterocycles. The summed E-state index contributed by atoms with van der Waals surface area (Å²) in [6, 6.07) is 11.8. The summed E-state index contributed by atoms with van der Waals surface area (Å²) in [6.07, 6.45) is 0. The minimum absolute atomic E-state index is 0.653. The normalized spacial score (nSPS) is 14.4. The van der Waals surface area contributed by atoms with E-state index in [9.17, 15) is 0 Å². The molecule has 3 rings (SSSR count). The van der Waals surface area contributed by atoms with E-state index in [0.29, 0.717) is 6.61 Å². The Labute approximate surface area is 106 Å². The third-order valence-electron chi connectivity index (χ3n) is 2.95. The minimum atomic E-state index is 0.653. The number of pyridine rings is 1. The molecule has 0 bridgehead atoms. The molecule has 3 N–H and O–H groups in total. The van der Waals surface area contributed by atoms with Crippen molar-refractivity contribution < 1.29 is 4.74 Å². The Hall–Kier alpha value is -2.07. The van der Waals surface area contributed by atoms with Gasteiger partial charge in [-0.3, -0.25) is 0 Å². The van der Waals surface area contributed by atoms with Crippen LogP contribution in [0.25, 0.3) is 11.3 Å². The molecule has 18 heavy (non-hydrogen) atoms. The quantitative estimate of drug-likeness (QED) is 0.748. The molecule has 2 aromatic rings. The predicted molar refractivity (Wildman–Crippen MR) is 71.3 cm³/mol. The first-order valence-corrected chi connectivity index (χ1v) is 6.02. The highest BCUT2D eigenvalue weighted by Crippen LogP contribution is 2.25. The SMILES string of the molecule is Nc1cccc(-c2ccc3c(n2)OCCNC3)c1. The van der Waals surface area contributed by atoms with Gasteiger partial charge in [0.25, 0.3) is 0 Å². The molecule has 0 atom stereocenters. The van der Waals surface area contributed by atoms with E-state index in [-0.39, 0.29) is 0 Å². The third-order valence-corrected chi connectivity index (χ3v) is 2.95. The van der Waals surface area contributed by atoms with E-state index in [2.05, 4.69) is 16.4 Å². The van der Waals surface area contributed by atoms with Gasteiger partial charge in [-0.25, -0.2) is 4.98 Å². The standard InChI is InChI=1S/C14H15N3O/c15-12-3-1-2-10(8-12)13-5-4-11-9-16-6-7-18-14(11)17-13/h1-5,8,16H,6-7,9,15H2. The Morgan fingerprint density at radius 2 is 2.17 bits per heavy atom. The number of rotatable bonds is 1. The van der Waals surface area contributed by atoms with Crippen LogP contribution in [0.2, 0.25) is 0 Å². The molecule has 0 fully saturated rings. The molecule has 1 aromatic carbocycles. The predicted octanol–water partition coefficient (Wildman–Crippen LogP) is 1.81. The average molecular weight is 241 g/mol. The van der Waals surface area contributed by atoms with E-state index >= 15 is 0 Å². The van der Waals surface area contributed by atoms with Crippen LogP contribution in [0.5, 0.6) is 5.88 Å². The molecular weight excluding hydrogens is 226 g/mol. The first-order valence-electron chi connectivity index (χ1n) is 6.02. The van der Waals surface area contributed by atoms with E-state index < -0.39 is 0 Å². The Kier molecular flexibility index (Phi) is 2.86. The summed E-state index contributed by atoms with van der Waals surface area (Å²) in [5, 5.41) is 3.29. The second-order valence-electron chi connectivity index (χ2n) is 4.31. The molecule has 0 spiro atoms. The summed E-state index contributed by atoms with van der Waals surface area (Å²) < 4.78 is 5.64. The van der Waals surface area contributed by atoms with Crippen LogP contribution in [-0.2, 0) is 6.54 Å². The van der Waals surface area contributed by atoms with Gasteiger partial charge in [0, 0.05) is 29.9 Å². The third kappa shape index (κ3) is 2.15. The Morgan fingerprint density at radius 1 is 1.22 bits per heavy atom. The summed E-state index contributed by atoms with van der Waals surface area (Å²) in [7, 11) is 0. The highest BCUT2D eigenvalue weighted by atomic mass is 16.5. The molecule has 4 nitrogen and oxygen atoms in total. The lowest BCUT2D eigenvalue weighted by Crippen LogP contribution is -2.16. The van der Waals surface area contributed by atoms with Crippen LogP contribution in [0.3, 0.4) is 0 Å². The molecule has 0 amide bonds. The number of aromatic nitrogens is 1. The van der Waals surface area contributed by atoms with E-state index in [1.807, 2.05) is 30.3 Å². The van der Waals surface area contributed by atoms with Gasteiger partial charge in [0.1, 0.15) is 6.61 Å². The van der Waals surface area contributed by atoms with Gasteiger partial charge in [-0.1, -0.05) is 18.2 Å². The zero-order valence-electron chi connectivity index (χ0n) is 10.0. The average Bonchev–Trinajstić information content (AvgIpc) is 2.63. The Morgan fingerprint density at radius 3 is 3.06 bits per heavy atom.